The molecule has 11 nitrogen and oxygen atoms in total. The largest absolute Gasteiger partial charge is 0.465 e. The highest BCUT2D eigenvalue weighted by atomic mass is 16.6. The Balaban J connectivity index is 5.10. The van der Waals surface area contributed by atoms with E-state index in [-0.39, 0.29) is 55.5 Å². The normalized spacial score (nSPS) is 11.5. The molecule has 400 valence electrons. The number of esters is 4. The molecular formula is C57H108N2O9. The van der Waals surface area contributed by atoms with Crippen molar-refractivity contribution in [1.29, 1.82) is 0 Å². The van der Waals surface area contributed by atoms with Crippen LogP contribution >= 0.6 is 0 Å². The number of aliphatic hydroxyl groups excluding tert-OH is 1. The molecular weight excluding hydrogens is 857 g/mol. The Labute approximate surface area is 418 Å². The molecule has 0 spiro atoms. The molecule has 0 radical (unpaired) electrons. The standard InChI is InChI=1S/C57H108N2O9/c1-7-11-15-19-23-35-54(61)65-47-52(48-66-55(62)36-24-20-16-12-8-2)33-27-29-40-58(44-39-51(5)6)42-31-32-43-59(45-46-60)41-30-28-34-53(49-67-56(63)37-25-21-17-13-9-3)50-68-57(64)38-26-22-18-14-10-4/h39,52-53,60H,7-38,40-50H2,1-6H3. The highest BCUT2D eigenvalue weighted by molar-refractivity contribution is 5.70. The summed E-state index contributed by atoms with van der Waals surface area (Å²) in [4.78, 5) is 55.1. The lowest BCUT2D eigenvalue weighted by Crippen LogP contribution is -2.31. The first kappa shape index (κ1) is 65.5. The van der Waals surface area contributed by atoms with Crippen molar-refractivity contribution in [1.82, 2.24) is 9.80 Å². The van der Waals surface area contributed by atoms with Crippen LogP contribution in [0.15, 0.2) is 11.6 Å². The average Bonchev–Trinajstić information content (AvgIpc) is 3.32. The summed E-state index contributed by atoms with van der Waals surface area (Å²) in [6, 6.07) is 0. The van der Waals surface area contributed by atoms with Crippen LogP contribution in [0.2, 0.25) is 0 Å². The molecule has 0 bridgehead atoms. The van der Waals surface area contributed by atoms with Gasteiger partial charge in [0.25, 0.3) is 0 Å². The molecule has 0 saturated heterocycles. The number of nitrogens with zero attached hydrogens (tertiary/aromatic N) is 2. The van der Waals surface area contributed by atoms with E-state index in [4.69, 9.17) is 18.9 Å². The van der Waals surface area contributed by atoms with Gasteiger partial charge in [-0.2, -0.15) is 0 Å². The van der Waals surface area contributed by atoms with Crippen LogP contribution < -0.4 is 0 Å². The van der Waals surface area contributed by atoms with Crippen LogP contribution in [0.1, 0.15) is 247 Å². The lowest BCUT2D eigenvalue weighted by molar-refractivity contribution is -0.151. The maximum Gasteiger partial charge on any atom is 0.305 e. The molecule has 0 unspecified atom stereocenters. The van der Waals surface area contributed by atoms with Crippen LogP contribution in [0.3, 0.4) is 0 Å². The van der Waals surface area contributed by atoms with E-state index in [0.717, 1.165) is 161 Å². The van der Waals surface area contributed by atoms with Crippen LogP contribution in [0.5, 0.6) is 0 Å². The first-order chi connectivity index (χ1) is 33.1. The summed E-state index contributed by atoms with van der Waals surface area (Å²) in [5.41, 5.74) is 1.30. The zero-order valence-electron chi connectivity index (χ0n) is 45.2. The van der Waals surface area contributed by atoms with Crippen molar-refractivity contribution in [3.63, 3.8) is 0 Å². The van der Waals surface area contributed by atoms with Gasteiger partial charge in [-0.25, -0.2) is 0 Å². The van der Waals surface area contributed by atoms with Crippen molar-refractivity contribution >= 4 is 23.9 Å². The second-order valence-corrected chi connectivity index (χ2v) is 20.0. The lowest BCUT2D eigenvalue weighted by atomic mass is 10.0. The van der Waals surface area contributed by atoms with Crippen LogP contribution in [0, 0.1) is 11.8 Å². The first-order valence-corrected chi connectivity index (χ1v) is 28.4. The topological polar surface area (TPSA) is 132 Å². The van der Waals surface area contributed by atoms with Crippen molar-refractivity contribution in [2.24, 2.45) is 11.8 Å². The van der Waals surface area contributed by atoms with Gasteiger partial charge in [0.05, 0.1) is 33.0 Å². The molecule has 0 saturated carbocycles. The van der Waals surface area contributed by atoms with Gasteiger partial charge in [-0.3, -0.25) is 24.1 Å². The van der Waals surface area contributed by atoms with Gasteiger partial charge in [-0.05, 0) is 104 Å². The van der Waals surface area contributed by atoms with E-state index in [1.807, 2.05) is 0 Å². The zero-order valence-corrected chi connectivity index (χ0v) is 45.2. The molecule has 0 rings (SSSR count). The third kappa shape index (κ3) is 44.7. The molecule has 0 aromatic rings. The Morgan fingerprint density at radius 1 is 0.397 bits per heavy atom. The summed E-state index contributed by atoms with van der Waals surface area (Å²) in [5, 5.41) is 9.90. The third-order valence-corrected chi connectivity index (χ3v) is 12.9. The van der Waals surface area contributed by atoms with E-state index in [1.165, 1.54) is 56.9 Å². The monoisotopic (exact) mass is 965 g/mol. The first-order valence-electron chi connectivity index (χ1n) is 28.4. The van der Waals surface area contributed by atoms with Crippen LogP contribution in [-0.4, -0.2) is 111 Å². The van der Waals surface area contributed by atoms with Crippen LogP contribution in [-0.2, 0) is 38.1 Å². The molecule has 0 fully saturated rings. The van der Waals surface area contributed by atoms with Gasteiger partial charge in [0.15, 0.2) is 0 Å². The fraction of sp³-hybridized carbons (Fsp3) is 0.895. The summed E-state index contributed by atoms with van der Waals surface area (Å²) < 4.78 is 22.9. The summed E-state index contributed by atoms with van der Waals surface area (Å²) in [6.45, 7) is 19.6. The van der Waals surface area contributed by atoms with E-state index in [1.54, 1.807) is 0 Å². The highest BCUT2D eigenvalue weighted by Gasteiger charge is 2.18. The predicted molar refractivity (Wildman–Crippen MR) is 281 cm³/mol. The number of aliphatic hydroxyl groups is 1. The molecule has 68 heavy (non-hydrogen) atoms. The number of hydrogen-bond donors (Lipinski definition) is 1. The maximum atomic E-state index is 12.6. The Hall–Kier alpha value is -2.50. The van der Waals surface area contributed by atoms with E-state index in [0.29, 0.717) is 45.4 Å². The second-order valence-electron chi connectivity index (χ2n) is 20.0. The van der Waals surface area contributed by atoms with Gasteiger partial charge in [-0.1, -0.05) is 155 Å². The second kappa shape index (κ2) is 49.5. The van der Waals surface area contributed by atoms with Gasteiger partial charge >= 0.3 is 23.9 Å². The minimum atomic E-state index is -0.160. The lowest BCUT2D eigenvalue weighted by Gasteiger charge is -2.24. The Kier molecular flexibility index (Phi) is 47.7. The van der Waals surface area contributed by atoms with Crippen molar-refractivity contribution in [2.75, 3.05) is 72.3 Å². The minimum absolute atomic E-state index is 0.00223. The molecule has 0 amide bonds. The van der Waals surface area contributed by atoms with Crippen molar-refractivity contribution in [2.45, 2.75) is 247 Å². The van der Waals surface area contributed by atoms with E-state index in [2.05, 4.69) is 57.4 Å². The van der Waals surface area contributed by atoms with Crippen molar-refractivity contribution in [3.05, 3.63) is 11.6 Å². The third-order valence-electron chi connectivity index (χ3n) is 12.9. The molecule has 0 atom stereocenters. The quantitative estimate of drug-likeness (QED) is 0.0270. The van der Waals surface area contributed by atoms with Gasteiger partial charge in [0, 0.05) is 50.6 Å². The Morgan fingerprint density at radius 2 is 0.691 bits per heavy atom. The van der Waals surface area contributed by atoms with Gasteiger partial charge in [0.2, 0.25) is 0 Å². The number of ether oxygens (including phenoxy) is 4. The molecule has 0 aliphatic rings. The molecule has 0 aromatic heterocycles. The number of unbranched alkanes of at least 4 members (excludes halogenated alkanes) is 19. The number of allylic oxidation sites excluding steroid dienone is 1. The van der Waals surface area contributed by atoms with Crippen molar-refractivity contribution < 1.29 is 43.2 Å². The fourth-order valence-electron chi connectivity index (χ4n) is 8.34. The van der Waals surface area contributed by atoms with Gasteiger partial charge in [-0.15, -0.1) is 0 Å². The summed E-state index contributed by atoms with van der Waals surface area (Å²) in [7, 11) is 0. The molecule has 0 heterocycles. The molecule has 0 aliphatic carbocycles. The maximum absolute atomic E-state index is 12.6. The molecule has 0 aliphatic heterocycles. The Bertz CT molecular complexity index is 1150. The Morgan fingerprint density at radius 3 is 0.985 bits per heavy atom. The van der Waals surface area contributed by atoms with Crippen LogP contribution in [0.25, 0.3) is 0 Å². The zero-order chi connectivity index (χ0) is 50.1. The minimum Gasteiger partial charge on any atom is -0.465 e. The van der Waals surface area contributed by atoms with E-state index >= 15 is 0 Å². The molecule has 11 heteroatoms. The van der Waals surface area contributed by atoms with Gasteiger partial charge in [0.1, 0.15) is 0 Å². The van der Waals surface area contributed by atoms with E-state index < -0.39 is 0 Å². The highest BCUT2D eigenvalue weighted by Crippen LogP contribution is 2.17. The summed E-state index contributed by atoms with van der Waals surface area (Å²) >= 11 is 0. The summed E-state index contributed by atoms with van der Waals surface area (Å²) in [5.74, 6) is -0.641. The number of carbonyl (C=O) groups excluding carboxylic acids is 4. The van der Waals surface area contributed by atoms with Gasteiger partial charge < -0.3 is 29.0 Å². The van der Waals surface area contributed by atoms with Crippen molar-refractivity contribution in [3.8, 4) is 0 Å². The average molecular weight is 965 g/mol. The van der Waals surface area contributed by atoms with E-state index in [9.17, 15) is 24.3 Å². The fourth-order valence-corrected chi connectivity index (χ4v) is 8.34. The number of hydrogen-bond acceptors (Lipinski definition) is 11. The SMILES string of the molecule is CCCCCCCC(=O)OCC(CCCCN(CC=C(C)C)CCCCN(CCO)CCCCC(COC(=O)CCCCCCC)COC(=O)CCCCCCC)COC(=O)CCCCCCC. The number of carbonyl (C=O) groups is 4. The predicted octanol–water partition coefficient (Wildman–Crippen LogP) is 13.5. The van der Waals surface area contributed by atoms with Crippen LogP contribution in [0.4, 0.5) is 0 Å². The molecule has 0 aromatic carbocycles. The molecule has 1 N–H and O–H groups in total. The number of rotatable bonds is 51. The summed E-state index contributed by atoms with van der Waals surface area (Å²) in [6.07, 6.45) is 33.4. The smallest absolute Gasteiger partial charge is 0.305 e.